The fourth-order valence-corrected chi connectivity index (χ4v) is 2.16. The molecule has 0 bridgehead atoms. The van der Waals surface area contributed by atoms with Crippen molar-refractivity contribution in [3.8, 4) is 0 Å². The van der Waals surface area contributed by atoms with Crippen LogP contribution in [-0.4, -0.2) is 6.04 Å². The maximum atomic E-state index is 13.0. The summed E-state index contributed by atoms with van der Waals surface area (Å²) in [4.78, 5) is 0. The van der Waals surface area contributed by atoms with Gasteiger partial charge in [-0.05, 0) is 22.8 Å². The van der Waals surface area contributed by atoms with Crippen LogP contribution < -0.4 is 10.6 Å². The summed E-state index contributed by atoms with van der Waals surface area (Å²) < 4.78 is 38.9. The third-order valence-corrected chi connectivity index (χ3v) is 3.04. The molecule has 0 amide bonds. The molecule has 0 saturated heterocycles. The van der Waals surface area contributed by atoms with Crippen LogP contribution in [0.25, 0.3) is 0 Å². The molecule has 0 atom stereocenters. The Morgan fingerprint density at radius 2 is 2.00 bits per heavy atom. The van der Waals surface area contributed by atoms with Crippen LogP contribution in [0, 0.1) is 0 Å². The zero-order chi connectivity index (χ0) is 13.3. The van der Waals surface area contributed by atoms with Crippen LogP contribution >= 0.6 is 0 Å². The van der Waals surface area contributed by atoms with Crippen molar-refractivity contribution >= 4 is 0 Å². The molecule has 1 aliphatic rings. The van der Waals surface area contributed by atoms with Gasteiger partial charge in [0.1, 0.15) is 0 Å². The summed E-state index contributed by atoms with van der Waals surface area (Å²) in [6.07, 6.45) is -4.27. The highest BCUT2D eigenvalue weighted by Crippen LogP contribution is 2.36. The zero-order valence-corrected chi connectivity index (χ0v) is 10.5. The van der Waals surface area contributed by atoms with Gasteiger partial charge in [-0.1, -0.05) is 19.9 Å². The van der Waals surface area contributed by atoms with Crippen LogP contribution in [0.4, 0.5) is 13.2 Å². The Bertz CT molecular complexity index is 439. The Morgan fingerprint density at radius 1 is 1.28 bits per heavy atom. The van der Waals surface area contributed by atoms with Crippen molar-refractivity contribution in [2.45, 2.75) is 45.7 Å². The Labute approximate surface area is 105 Å². The number of fused-ring (bicyclic) bond motifs is 1. The van der Waals surface area contributed by atoms with Crippen molar-refractivity contribution in [2.75, 3.05) is 0 Å². The van der Waals surface area contributed by atoms with E-state index in [0.717, 1.165) is 5.56 Å². The van der Waals surface area contributed by atoms with Crippen LogP contribution in [0.1, 0.15) is 36.1 Å². The summed E-state index contributed by atoms with van der Waals surface area (Å²) >= 11 is 0. The fraction of sp³-hybridized carbons (Fsp3) is 0.538. The fourth-order valence-electron chi connectivity index (χ4n) is 2.16. The van der Waals surface area contributed by atoms with Gasteiger partial charge in [0.15, 0.2) is 0 Å². The van der Waals surface area contributed by atoms with Crippen LogP contribution in [0.5, 0.6) is 0 Å². The van der Waals surface area contributed by atoms with Crippen molar-refractivity contribution < 1.29 is 13.2 Å². The first-order valence-corrected chi connectivity index (χ1v) is 6.04. The Hall–Kier alpha value is -1.07. The third kappa shape index (κ3) is 2.84. The highest BCUT2D eigenvalue weighted by molar-refractivity contribution is 5.43. The third-order valence-electron chi connectivity index (χ3n) is 3.04. The number of hydrogen-bond acceptors (Lipinski definition) is 2. The minimum atomic E-state index is -4.27. The maximum Gasteiger partial charge on any atom is 0.416 e. The summed E-state index contributed by atoms with van der Waals surface area (Å²) in [5.41, 5.74) is 1.37. The lowest BCUT2D eigenvalue weighted by Gasteiger charge is -2.15. The van der Waals surface area contributed by atoms with Gasteiger partial charge in [-0.25, -0.2) is 0 Å². The Balaban J connectivity index is 2.34. The largest absolute Gasteiger partial charge is 0.416 e. The van der Waals surface area contributed by atoms with E-state index in [9.17, 15) is 13.2 Å². The molecule has 1 aliphatic heterocycles. The standard InChI is InChI=1S/C13H17F3N2/c1-8(2)18-5-9-3-10-6-17-7-11(10)12(4-9)13(14,15)16/h3-4,8,17-18H,5-7H2,1-2H3. The Morgan fingerprint density at radius 3 is 2.61 bits per heavy atom. The van der Waals surface area contributed by atoms with E-state index in [2.05, 4.69) is 10.6 Å². The topological polar surface area (TPSA) is 24.1 Å². The van der Waals surface area contributed by atoms with E-state index < -0.39 is 11.7 Å². The molecule has 1 aromatic carbocycles. The van der Waals surface area contributed by atoms with Gasteiger partial charge in [0, 0.05) is 25.7 Å². The highest BCUT2D eigenvalue weighted by Gasteiger charge is 2.35. The van der Waals surface area contributed by atoms with Gasteiger partial charge in [-0.3, -0.25) is 0 Å². The normalized spacial score (nSPS) is 15.2. The van der Waals surface area contributed by atoms with Crippen LogP contribution in [0.2, 0.25) is 0 Å². The molecule has 2 N–H and O–H groups in total. The number of hydrogen-bond donors (Lipinski definition) is 2. The van der Waals surface area contributed by atoms with E-state index in [1.165, 1.54) is 6.07 Å². The smallest absolute Gasteiger partial charge is 0.310 e. The number of benzene rings is 1. The number of rotatable bonds is 3. The highest BCUT2D eigenvalue weighted by atomic mass is 19.4. The van der Waals surface area contributed by atoms with Gasteiger partial charge in [-0.2, -0.15) is 13.2 Å². The van der Waals surface area contributed by atoms with Gasteiger partial charge < -0.3 is 10.6 Å². The lowest BCUT2D eigenvalue weighted by atomic mass is 9.99. The second-order valence-electron chi connectivity index (χ2n) is 4.92. The summed E-state index contributed by atoms with van der Waals surface area (Å²) in [6, 6.07) is 3.38. The van der Waals surface area contributed by atoms with Gasteiger partial charge in [0.05, 0.1) is 5.56 Å². The van der Waals surface area contributed by atoms with Crippen LogP contribution in [-0.2, 0) is 25.8 Å². The lowest BCUT2D eigenvalue weighted by molar-refractivity contribution is -0.138. The molecule has 0 radical (unpaired) electrons. The van der Waals surface area contributed by atoms with E-state index in [-0.39, 0.29) is 6.04 Å². The predicted molar refractivity (Wildman–Crippen MR) is 64.0 cm³/mol. The molecular formula is C13H17F3N2. The first-order valence-electron chi connectivity index (χ1n) is 6.04. The monoisotopic (exact) mass is 258 g/mol. The Kier molecular flexibility index (Phi) is 3.64. The molecule has 0 spiro atoms. The molecule has 1 aromatic rings. The summed E-state index contributed by atoms with van der Waals surface area (Å²) in [5, 5.41) is 6.12. The van der Waals surface area contributed by atoms with Gasteiger partial charge in [0.2, 0.25) is 0 Å². The molecule has 0 fully saturated rings. The molecule has 2 nitrogen and oxygen atoms in total. The van der Waals surface area contributed by atoms with Crippen molar-refractivity contribution in [3.63, 3.8) is 0 Å². The minimum Gasteiger partial charge on any atom is -0.310 e. The van der Waals surface area contributed by atoms with Crippen molar-refractivity contribution in [1.29, 1.82) is 0 Å². The predicted octanol–water partition coefficient (Wildman–Crippen LogP) is 2.81. The molecule has 5 heteroatoms. The average Bonchev–Trinajstić information content (AvgIpc) is 2.71. The van der Waals surface area contributed by atoms with Crippen LogP contribution in [0.15, 0.2) is 12.1 Å². The average molecular weight is 258 g/mol. The quantitative estimate of drug-likeness (QED) is 0.871. The van der Waals surface area contributed by atoms with E-state index >= 15 is 0 Å². The van der Waals surface area contributed by atoms with Gasteiger partial charge in [-0.15, -0.1) is 0 Å². The van der Waals surface area contributed by atoms with E-state index in [1.807, 2.05) is 19.9 Å². The number of halogens is 3. The molecule has 100 valence electrons. The first kappa shape index (κ1) is 13.4. The molecule has 0 unspecified atom stereocenters. The van der Waals surface area contributed by atoms with Crippen molar-refractivity contribution in [3.05, 3.63) is 34.4 Å². The zero-order valence-electron chi connectivity index (χ0n) is 10.5. The van der Waals surface area contributed by atoms with Crippen molar-refractivity contribution in [2.24, 2.45) is 0 Å². The van der Waals surface area contributed by atoms with Crippen molar-refractivity contribution in [1.82, 2.24) is 10.6 Å². The van der Waals surface area contributed by atoms with Crippen LogP contribution in [0.3, 0.4) is 0 Å². The number of alkyl halides is 3. The first-order chi connectivity index (χ1) is 8.38. The molecule has 0 aromatic heterocycles. The molecule has 2 rings (SSSR count). The maximum absolute atomic E-state index is 13.0. The molecule has 0 aliphatic carbocycles. The summed E-state index contributed by atoms with van der Waals surface area (Å²) in [7, 11) is 0. The number of nitrogens with one attached hydrogen (secondary N) is 2. The van der Waals surface area contributed by atoms with Gasteiger partial charge in [0.25, 0.3) is 0 Å². The SMILES string of the molecule is CC(C)NCc1cc2c(c(C(F)(F)F)c1)CNC2. The van der Waals surface area contributed by atoms with E-state index in [1.54, 1.807) is 0 Å². The summed E-state index contributed by atoms with van der Waals surface area (Å²) in [5.74, 6) is 0. The van der Waals surface area contributed by atoms with E-state index in [0.29, 0.717) is 30.8 Å². The molecule has 18 heavy (non-hydrogen) atoms. The molecule has 0 saturated carbocycles. The second-order valence-corrected chi connectivity index (χ2v) is 4.92. The van der Waals surface area contributed by atoms with Gasteiger partial charge >= 0.3 is 6.18 Å². The molecular weight excluding hydrogens is 241 g/mol. The minimum absolute atomic E-state index is 0.255. The molecule has 1 heterocycles. The second kappa shape index (κ2) is 4.90. The van der Waals surface area contributed by atoms with E-state index in [4.69, 9.17) is 0 Å². The lowest BCUT2D eigenvalue weighted by Crippen LogP contribution is -2.22. The summed E-state index contributed by atoms with van der Waals surface area (Å²) in [6.45, 7) is 5.24.